The lowest BCUT2D eigenvalue weighted by Gasteiger charge is -2.19. The molecule has 0 spiro atoms. The zero-order valence-corrected chi connectivity index (χ0v) is 6.96. The maximum Gasteiger partial charge on any atom is 0.00509 e. The molecule has 1 nitrogen and oxygen atoms in total. The van der Waals surface area contributed by atoms with Crippen molar-refractivity contribution in [1.82, 2.24) is 0 Å². The summed E-state index contributed by atoms with van der Waals surface area (Å²) in [6, 6.07) is 0. The molecule has 0 aromatic heterocycles. The average molecular weight is 149 g/mol. The average Bonchev–Trinajstić information content (AvgIpc) is 2.15. The first-order chi connectivity index (χ1) is 5.27. The van der Waals surface area contributed by atoms with Crippen molar-refractivity contribution in [2.45, 2.75) is 13.3 Å². The van der Waals surface area contributed by atoms with Crippen molar-refractivity contribution in [3.8, 4) is 0 Å². The van der Waals surface area contributed by atoms with E-state index in [1.54, 1.807) is 0 Å². The molecule has 0 saturated carbocycles. The second-order valence-electron chi connectivity index (χ2n) is 3.15. The Morgan fingerprint density at radius 2 is 1.64 bits per heavy atom. The predicted molar refractivity (Wildman–Crippen MR) is 49.2 cm³/mol. The van der Waals surface area contributed by atoms with E-state index in [4.69, 9.17) is 5.73 Å². The molecule has 0 aromatic carbocycles. The van der Waals surface area contributed by atoms with Gasteiger partial charge in [0, 0.05) is 5.41 Å². The van der Waals surface area contributed by atoms with Crippen molar-refractivity contribution >= 4 is 0 Å². The normalized spacial score (nSPS) is 20.2. The molecule has 1 heteroatoms. The topological polar surface area (TPSA) is 26.0 Å². The molecule has 0 unspecified atom stereocenters. The molecule has 0 atom stereocenters. The Bertz CT molecular complexity index is 183. The third kappa shape index (κ3) is 2.35. The van der Waals surface area contributed by atoms with E-state index in [9.17, 15) is 0 Å². The molecule has 60 valence electrons. The molecule has 1 aliphatic carbocycles. The van der Waals surface area contributed by atoms with Gasteiger partial charge in [-0.1, -0.05) is 43.4 Å². The minimum atomic E-state index is 0.165. The Labute approximate surface area is 68.3 Å². The highest BCUT2D eigenvalue weighted by atomic mass is 14.5. The molecule has 2 N–H and O–H groups in total. The van der Waals surface area contributed by atoms with Gasteiger partial charge in [0.2, 0.25) is 0 Å². The van der Waals surface area contributed by atoms with Gasteiger partial charge in [0.25, 0.3) is 0 Å². The van der Waals surface area contributed by atoms with Crippen LogP contribution >= 0.6 is 0 Å². The zero-order valence-electron chi connectivity index (χ0n) is 6.96. The summed E-state index contributed by atoms with van der Waals surface area (Å²) in [7, 11) is 0. The number of rotatable bonds is 2. The van der Waals surface area contributed by atoms with Crippen LogP contribution in [0.5, 0.6) is 0 Å². The van der Waals surface area contributed by atoms with Crippen LogP contribution in [-0.4, -0.2) is 6.54 Å². The Balaban J connectivity index is 2.70. The van der Waals surface area contributed by atoms with Crippen LogP contribution in [0.3, 0.4) is 0 Å². The Morgan fingerprint density at radius 3 is 2.09 bits per heavy atom. The lowest BCUT2D eigenvalue weighted by Crippen LogP contribution is -2.15. The minimum absolute atomic E-state index is 0.165. The summed E-state index contributed by atoms with van der Waals surface area (Å²) in [6.07, 6.45) is 13.6. The van der Waals surface area contributed by atoms with Gasteiger partial charge >= 0.3 is 0 Å². The van der Waals surface area contributed by atoms with E-state index in [0.29, 0.717) is 0 Å². The molecular weight excluding hydrogens is 134 g/mol. The fourth-order valence-electron chi connectivity index (χ4n) is 1.21. The van der Waals surface area contributed by atoms with E-state index in [-0.39, 0.29) is 5.41 Å². The van der Waals surface area contributed by atoms with Crippen LogP contribution in [-0.2, 0) is 0 Å². The molecule has 1 rings (SSSR count). The Kier molecular flexibility index (Phi) is 2.66. The molecule has 11 heavy (non-hydrogen) atoms. The highest BCUT2D eigenvalue weighted by molar-refractivity contribution is 5.23. The van der Waals surface area contributed by atoms with Crippen LogP contribution in [0.4, 0.5) is 0 Å². The molecule has 1 aliphatic rings. The van der Waals surface area contributed by atoms with Gasteiger partial charge in [-0.25, -0.2) is 0 Å². The fourth-order valence-corrected chi connectivity index (χ4v) is 1.21. The molecule has 0 fully saturated rings. The van der Waals surface area contributed by atoms with Crippen molar-refractivity contribution < 1.29 is 0 Å². The molecule has 0 aromatic rings. The van der Waals surface area contributed by atoms with Gasteiger partial charge in [0.1, 0.15) is 0 Å². The summed E-state index contributed by atoms with van der Waals surface area (Å²) in [6.45, 7) is 2.94. The second kappa shape index (κ2) is 3.54. The molecule has 0 amide bonds. The van der Waals surface area contributed by atoms with Gasteiger partial charge in [0.05, 0.1) is 0 Å². The fraction of sp³-hybridized carbons (Fsp3) is 0.400. The van der Waals surface area contributed by atoms with Gasteiger partial charge in [0.15, 0.2) is 0 Å². The third-order valence-corrected chi connectivity index (χ3v) is 1.97. The standard InChI is InChI=1S/C10H15N/c1-10(8-9-11)6-4-2-3-5-7-10/h2-7H,8-9,11H2,1H3. The minimum Gasteiger partial charge on any atom is -0.330 e. The first-order valence-electron chi connectivity index (χ1n) is 4.01. The lowest BCUT2D eigenvalue weighted by molar-refractivity contribution is 0.509. The van der Waals surface area contributed by atoms with Crippen LogP contribution in [0, 0.1) is 5.41 Å². The molecule has 0 bridgehead atoms. The maximum absolute atomic E-state index is 5.51. The van der Waals surface area contributed by atoms with E-state index >= 15 is 0 Å². The van der Waals surface area contributed by atoms with Crippen LogP contribution in [0.25, 0.3) is 0 Å². The van der Waals surface area contributed by atoms with Gasteiger partial charge < -0.3 is 5.73 Å². The third-order valence-electron chi connectivity index (χ3n) is 1.97. The smallest absolute Gasteiger partial charge is 0.00509 e. The van der Waals surface area contributed by atoms with Crippen molar-refractivity contribution in [2.75, 3.05) is 6.54 Å². The van der Waals surface area contributed by atoms with Crippen LogP contribution in [0.1, 0.15) is 13.3 Å². The van der Waals surface area contributed by atoms with Crippen molar-refractivity contribution in [2.24, 2.45) is 11.1 Å². The van der Waals surface area contributed by atoms with Crippen LogP contribution in [0.2, 0.25) is 0 Å². The van der Waals surface area contributed by atoms with Crippen molar-refractivity contribution in [3.05, 3.63) is 36.5 Å². The first kappa shape index (κ1) is 8.28. The number of hydrogen-bond donors (Lipinski definition) is 1. The lowest BCUT2D eigenvalue weighted by atomic mass is 9.86. The molecule has 0 radical (unpaired) electrons. The largest absolute Gasteiger partial charge is 0.330 e. The van der Waals surface area contributed by atoms with Crippen molar-refractivity contribution in [3.63, 3.8) is 0 Å². The van der Waals surface area contributed by atoms with Gasteiger partial charge in [-0.3, -0.25) is 0 Å². The summed E-state index contributed by atoms with van der Waals surface area (Å²) in [4.78, 5) is 0. The van der Waals surface area contributed by atoms with E-state index in [1.165, 1.54) is 0 Å². The van der Waals surface area contributed by atoms with Crippen LogP contribution in [0.15, 0.2) is 36.5 Å². The Morgan fingerprint density at radius 1 is 1.09 bits per heavy atom. The van der Waals surface area contributed by atoms with Crippen molar-refractivity contribution in [1.29, 1.82) is 0 Å². The van der Waals surface area contributed by atoms with E-state index in [1.807, 2.05) is 12.2 Å². The van der Waals surface area contributed by atoms with Gasteiger partial charge in [-0.15, -0.1) is 0 Å². The number of allylic oxidation sites excluding steroid dienone is 6. The summed E-state index contributed by atoms with van der Waals surface area (Å²) < 4.78 is 0. The Hall–Kier alpha value is -0.820. The summed E-state index contributed by atoms with van der Waals surface area (Å²) in [5.74, 6) is 0. The number of hydrogen-bond acceptors (Lipinski definition) is 1. The summed E-state index contributed by atoms with van der Waals surface area (Å²) in [5, 5.41) is 0. The second-order valence-corrected chi connectivity index (χ2v) is 3.15. The SMILES string of the molecule is CC1(CCN)C=CC=CC=C1. The molecule has 0 heterocycles. The van der Waals surface area contributed by atoms with E-state index in [0.717, 1.165) is 13.0 Å². The van der Waals surface area contributed by atoms with Gasteiger partial charge in [-0.2, -0.15) is 0 Å². The monoisotopic (exact) mass is 149 g/mol. The van der Waals surface area contributed by atoms with Crippen LogP contribution < -0.4 is 5.73 Å². The van der Waals surface area contributed by atoms with E-state index < -0.39 is 0 Å². The summed E-state index contributed by atoms with van der Waals surface area (Å²) >= 11 is 0. The quantitative estimate of drug-likeness (QED) is 0.638. The highest BCUT2D eigenvalue weighted by Crippen LogP contribution is 2.25. The van der Waals surface area contributed by atoms with E-state index in [2.05, 4.69) is 31.2 Å². The summed E-state index contributed by atoms with van der Waals surface area (Å²) in [5.41, 5.74) is 5.67. The molecule has 0 aliphatic heterocycles. The predicted octanol–water partition coefficient (Wildman–Crippen LogP) is 2.02. The zero-order chi connectivity index (χ0) is 8.16. The van der Waals surface area contributed by atoms with Gasteiger partial charge in [-0.05, 0) is 13.0 Å². The molecular formula is C10H15N. The highest BCUT2D eigenvalue weighted by Gasteiger charge is 2.15. The maximum atomic E-state index is 5.51. The number of nitrogens with two attached hydrogens (primary N) is 1. The first-order valence-corrected chi connectivity index (χ1v) is 4.01. The molecule has 0 saturated heterocycles.